The summed E-state index contributed by atoms with van der Waals surface area (Å²) in [6.45, 7) is 6.70. The fraction of sp³-hybridized carbons (Fsp3) is 0.500. The lowest BCUT2D eigenvalue weighted by Crippen LogP contribution is -2.34. The van der Waals surface area contributed by atoms with Gasteiger partial charge in [0.05, 0.1) is 24.8 Å². The Hall–Kier alpha value is -2.34. The summed E-state index contributed by atoms with van der Waals surface area (Å²) < 4.78 is 10.8. The molecule has 1 aliphatic rings. The van der Waals surface area contributed by atoms with Crippen LogP contribution in [0.25, 0.3) is 0 Å². The number of aliphatic hydroxyl groups is 1. The molecule has 1 atom stereocenters. The Kier molecular flexibility index (Phi) is 6.80. The van der Waals surface area contributed by atoms with Gasteiger partial charge < -0.3 is 19.5 Å². The minimum atomic E-state index is -0.641. The van der Waals surface area contributed by atoms with E-state index in [0.717, 1.165) is 12.0 Å². The van der Waals surface area contributed by atoms with Crippen molar-refractivity contribution in [1.29, 1.82) is 0 Å². The van der Waals surface area contributed by atoms with Gasteiger partial charge in [0, 0.05) is 19.6 Å². The molecule has 0 fully saturated rings. The molecule has 1 aromatic carbocycles. The predicted molar refractivity (Wildman–Crippen MR) is 98.1 cm³/mol. The smallest absolute Gasteiger partial charge is 0.290 e. The van der Waals surface area contributed by atoms with Gasteiger partial charge in [-0.2, -0.15) is 0 Å². The number of carbonyl (C=O) groups is 2. The molecule has 1 heterocycles. The van der Waals surface area contributed by atoms with E-state index in [-0.39, 0.29) is 23.8 Å². The first kappa shape index (κ1) is 20.0. The van der Waals surface area contributed by atoms with E-state index in [1.165, 1.54) is 4.90 Å². The number of ether oxygens (including phenoxy) is 2. The Morgan fingerprint density at radius 1 is 1.31 bits per heavy atom. The van der Waals surface area contributed by atoms with Gasteiger partial charge in [0.15, 0.2) is 11.5 Å². The molecule has 6 heteroatoms. The van der Waals surface area contributed by atoms with Crippen LogP contribution in [0.5, 0.6) is 5.75 Å². The van der Waals surface area contributed by atoms with Gasteiger partial charge in [-0.15, -0.1) is 0 Å². The monoisotopic (exact) mass is 361 g/mol. The quantitative estimate of drug-likeness (QED) is 0.732. The Labute approximate surface area is 154 Å². The standard InChI is InChI=1S/C20H27NO5/c1-5-10-26-15-8-6-7-14(12-15)17-16(18(22)13(2)3)19(23)20(24)21(17)9-11-25-4/h6-8,12-13,17,23H,5,9-11H2,1-4H3. The van der Waals surface area contributed by atoms with Crippen LogP contribution < -0.4 is 4.74 Å². The number of benzene rings is 1. The van der Waals surface area contributed by atoms with Gasteiger partial charge >= 0.3 is 0 Å². The van der Waals surface area contributed by atoms with E-state index in [2.05, 4.69) is 0 Å². The fourth-order valence-electron chi connectivity index (χ4n) is 2.98. The molecule has 0 aromatic heterocycles. The minimum Gasteiger partial charge on any atom is -0.503 e. The van der Waals surface area contributed by atoms with Gasteiger partial charge in [-0.3, -0.25) is 9.59 Å². The molecule has 1 aliphatic heterocycles. The second-order valence-electron chi connectivity index (χ2n) is 6.60. The van der Waals surface area contributed by atoms with Crippen LogP contribution in [0.2, 0.25) is 0 Å². The third kappa shape index (κ3) is 4.07. The number of Topliss-reactive ketones (excluding diaryl/α,β-unsaturated/α-hetero) is 1. The lowest BCUT2D eigenvalue weighted by Gasteiger charge is -2.27. The summed E-state index contributed by atoms with van der Waals surface area (Å²) in [7, 11) is 1.54. The maximum atomic E-state index is 12.7. The molecule has 1 unspecified atom stereocenters. The Morgan fingerprint density at radius 2 is 2.04 bits per heavy atom. The zero-order chi connectivity index (χ0) is 19.3. The van der Waals surface area contributed by atoms with Crippen LogP contribution in [0.4, 0.5) is 0 Å². The first-order valence-electron chi connectivity index (χ1n) is 8.92. The second kappa shape index (κ2) is 8.85. The van der Waals surface area contributed by atoms with Crippen molar-refractivity contribution in [3.8, 4) is 5.75 Å². The van der Waals surface area contributed by atoms with E-state index in [0.29, 0.717) is 19.0 Å². The van der Waals surface area contributed by atoms with Gasteiger partial charge in [-0.1, -0.05) is 32.9 Å². The average Bonchev–Trinajstić information content (AvgIpc) is 2.88. The summed E-state index contributed by atoms with van der Waals surface area (Å²) >= 11 is 0. The average molecular weight is 361 g/mol. The molecule has 2 rings (SSSR count). The fourth-order valence-corrected chi connectivity index (χ4v) is 2.98. The molecular weight excluding hydrogens is 334 g/mol. The number of nitrogens with zero attached hydrogens (tertiary/aromatic N) is 1. The van der Waals surface area contributed by atoms with E-state index >= 15 is 0 Å². The molecule has 142 valence electrons. The largest absolute Gasteiger partial charge is 0.503 e. The number of amides is 1. The van der Waals surface area contributed by atoms with Crippen molar-refractivity contribution >= 4 is 11.7 Å². The highest BCUT2D eigenvalue weighted by Crippen LogP contribution is 2.39. The van der Waals surface area contributed by atoms with Gasteiger partial charge in [0.25, 0.3) is 5.91 Å². The van der Waals surface area contributed by atoms with Gasteiger partial charge in [0.1, 0.15) is 5.75 Å². The summed E-state index contributed by atoms with van der Waals surface area (Å²) in [5.74, 6) is -0.906. The van der Waals surface area contributed by atoms with Crippen LogP contribution in [0.3, 0.4) is 0 Å². The zero-order valence-electron chi connectivity index (χ0n) is 15.8. The molecule has 26 heavy (non-hydrogen) atoms. The van der Waals surface area contributed by atoms with Crippen LogP contribution in [0, 0.1) is 5.92 Å². The van der Waals surface area contributed by atoms with E-state index in [1.807, 2.05) is 31.2 Å². The Morgan fingerprint density at radius 3 is 2.65 bits per heavy atom. The molecule has 1 N–H and O–H groups in total. The van der Waals surface area contributed by atoms with Crippen molar-refractivity contribution in [2.24, 2.45) is 5.92 Å². The van der Waals surface area contributed by atoms with Crippen molar-refractivity contribution in [3.05, 3.63) is 41.2 Å². The maximum Gasteiger partial charge on any atom is 0.290 e. The Bertz CT molecular complexity index is 695. The van der Waals surface area contributed by atoms with Crippen molar-refractivity contribution in [3.63, 3.8) is 0 Å². The molecule has 0 bridgehead atoms. The number of aliphatic hydroxyl groups excluding tert-OH is 1. The van der Waals surface area contributed by atoms with Gasteiger partial charge in [0.2, 0.25) is 0 Å². The summed E-state index contributed by atoms with van der Waals surface area (Å²) in [6, 6.07) is 6.68. The van der Waals surface area contributed by atoms with Crippen LogP contribution in [0.15, 0.2) is 35.6 Å². The highest BCUT2D eigenvalue weighted by atomic mass is 16.5. The van der Waals surface area contributed by atoms with Crippen molar-refractivity contribution in [2.45, 2.75) is 33.2 Å². The maximum absolute atomic E-state index is 12.7. The normalized spacial score (nSPS) is 17.3. The topological polar surface area (TPSA) is 76.1 Å². The molecule has 0 aliphatic carbocycles. The second-order valence-corrected chi connectivity index (χ2v) is 6.60. The molecule has 1 amide bonds. The van der Waals surface area contributed by atoms with Gasteiger partial charge in [-0.05, 0) is 24.1 Å². The van der Waals surface area contributed by atoms with Crippen LogP contribution >= 0.6 is 0 Å². The van der Waals surface area contributed by atoms with Crippen molar-refractivity contribution in [2.75, 3.05) is 26.9 Å². The van der Waals surface area contributed by atoms with Crippen LogP contribution in [0.1, 0.15) is 38.8 Å². The van der Waals surface area contributed by atoms with Crippen molar-refractivity contribution < 1.29 is 24.2 Å². The minimum absolute atomic E-state index is 0.147. The number of hydrogen-bond acceptors (Lipinski definition) is 5. The molecule has 0 saturated carbocycles. The van der Waals surface area contributed by atoms with E-state index < -0.39 is 17.7 Å². The lowest BCUT2D eigenvalue weighted by molar-refractivity contribution is -0.130. The predicted octanol–water partition coefficient (Wildman–Crippen LogP) is 3.04. The number of hydrogen-bond donors (Lipinski definition) is 1. The molecule has 0 saturated heterocycles. The third-order valence-electron chi connectivity index (χ3n) is 4.28. The first-order valence-corrected chi connectivity index (χ1v) is 8.92. The summed E-state index contributed by atoms with van der Waals surface area (Å²) in [6.07, 6.45) is 0.879. The van der Waals surface area contributed by atoms with E-state index in [4.69, 9.17) is 9.47 Å². The third-order valence-corrected chi connectivity index (χ3v) is 4.28. The van der Waals surface area contributed by atoms with Gasteiger partial charge in [-0.25, -0.2) is 0 Å². The number of rotatable bonds is 9. The number of carbonyl (C=O) groups excluding carboxylic acids is 2. The highest BCUT2D eigenvalue weighted by Gasteiger charge is 2.43. The summed E-state index contributed by atoms with van der Waals surface area (Å²) in [5.41, 5.74) is 0.879. The number of methoxy groups -OCH3 is 1. The molecular formula is C20H27NO5. The first-order chi connectivity index (χ1) is 12.4. The molecule has 1 aromatic rings. The SMILES string of the molecule is CCCOc1cccc(C2C(C(=O)C(C)C)=C(O)C(=O)N2CCOC)c1. The zero-order valence-corrected chi connectivity index (χ0v) is 15.8. The van der Waals surface area contributed by atoms with Crippen LogP contribution in [-0.4, -0.2) is 48.6 Å². The van der Waals surface area contributed by atoms with Crippen LogP contribution in [-0.2, 0) is 14.3 Å². The Balaban J connectivity index is 2.47. The van der Waals surface area contributed by atoms with E-state index in [1.54, 1.807) is 21.0 Å². The molecule has 0 spiro atoms. The highest BCUT2D eigenvalue weighted by molar-refractivity contribution is 6.09. The number of ketones is 1. The molecule has 0 radical (unpaired) electrons. The summed E-state index contributed by atoms with van der Waals surface area (Å²) in [4.78, 5) is 26.7. The van der Waals surface area contributed by atoms with E-state index in [9.17, 15) is 14.7 Å². The summed E-state index contributed by atoms with van der Waals surface area (Å²) in [5, 5.41) is 10.4. The lowest BCUT2D eigenvalue weighted by atomic mass is 9.91. The van der Waals surface area contributed by atoms with Crippen molar-refractivity contribution in [1.82, 2.24) is 4.90 Å². The molecule has 6 nitrogen and oxygen atoms in total.